The summed E-state index contributed by atoms with van der Waals surface area (Å²) in [7, 11) is -3.36. The van der Waals surface area contributed by atoms with Crippen molar-refractivity contribution in [2.24, 2.45) is 0 Å². The molecule has 0 N–H and O–H groups in total. The topological polar surface area (TPSA) is 59.9 Å². The quantitative estimate of drug-likeness (QED) is 0.795. The molecule has 2 heterocycles. The molecule has 0 radical (unpaired) electrons. The van der Waals surface area contributed by atoms with Crippen LogP contribution in [0.3, 0.4) is 0 Å². The smallest absolute Gasteiger partial charge is 0.175 e. The number of halogens is 2. The van der Waals surface area contributed by atoms with Gasteiger partial charge in [0.15, 0.2) is 9.84 Å². The lowest BCUT2D eigenvalue weighted by molar-refractivity contribution is 0.601. The highest BCUT2D eigenvalue weighted by molar-refractivity contribution is 7.90. The third-order valence-electron chi connectivity index (χ3n) is 2.26. The van der Waals surface area contributed by atoms with Gasteiger partial charge in [-0.05, 0) is 12.1 Å². The number of aromatic nitrogens is 2. The number of nitrogens with zero attached hydrogens (tertiary/aromatic N) is 2. The van der Waals surface area contributed by atoms with Gasteiger partial charge in [0.1, 0.15) is 11.0 Å². The summed E-state index contributed by atoms with van der Waals surface area (Å²) in [6, 6.07) is 3.69. The van der Waals surface area contributed by atoms with Crippen LogP contribution >= 0.6 is 11.6 Å². The van der Waals surface area contributed by atoms with E-state index in [9.17, 15) is 12.8 Å². The minimum atomic E-state index is -3.36. The molecule has 2 rings (SSSR count). The van der Waals surface area contributed by atoms with E-state index in [2.05, 4.69) is 9.97 Å². The molecular weight excluding hydrogens is 279 g/mol. The van der Waals surface area contributed by atoms with Crippen molar-refractivity contribution in [3.8, 4) is 11.3 Å². The maximum Gasteiger partial charge on any atom is 0.175 e. The Morgan fingerprint density at radius 2 is 2.00 bits per heavy atom. The van der Waals surface area contributed by atoms with E-state index in [-0.39, 0.29) is 21.3 Å². The summed E-state index contributed by atoms with van der Waals surface area (Å²) in [6.07, 6.45) is 3.59. The summed E-state index contributed by atoms with van der Waals surface area (Å²) in [4.78, 5) is 7.74. The Kier molecular flexibility index (Phi) is 3.32. The van der Waals surface area contributed by atoms with Crippen molar-refractivity contribution in [1.29, 1.82) is 0 Å². The molecule has 0 bridgehead atoms. The van der Waals surface area contributed by atoms with Gasteiger partial charge in [0.2, 0.25) is 0 Å². The van der Waals surface area contributed by atoms with Crippen molar-refractivity contribution >= 4 is 21.4 Å². The van der Waals surface area contributed by atoms with E-state index >= 15 is 0 Å². The molecule has 4 nitrogen and oxygen atoms in total. The molecule has 18 heavy (non-hydrogen) atoms. The Bertz CT molecular complexity index is 704. The molecular formula is C11H8ClFN2O2S. The number of rotatable bonds is 2. The van der Waals surface area contributed by atoms with Crippen LogP contribution < -0.4 is 0 Å². The van der Waals surface area contributed by atoms with Crippen LogP contribution in [-0.4, -0.2) is 24.6 Å². The fraction of sp³-hybridized carbons (Fsp3) is 0.0909. The van der Waals surface area contributed by atoms with Crippen LogP contribution in [-0.2, 0) is 9.84 Å². The van der Waals surface area contributed by atoms with Crippen molar-refractivity contribution in [2.45, 2.75) is 4.90 Å². The number of hydrogen-bond acceptors (Lipinski definition) is 4. The first-order chi connectivity index (χ1) is 8.38. The third kappa shape index (κ3) is 2.65. The molecule has 0 aliphatic rings. The Balaban J connectivity index is 2.58. The second kappa shape index (κ2) is 4.62. The van der Waals surface area contributed by atoms with Crippen molar-refractivity contribution in [1.82, 2.24) is 9.97 Å². The van der Waals surface area contributed by atoms with E-state index in [4.69, 9.17) is 11.6 Å². The Morgan fingerprint density at radius 3 is 2.61 bits per heavy atom. The van der Waals surface area contributed by atoms with Gasteiger partial charge in [-0.25, -0.2) is 17.8 Å². The highest BCUT2D eigenvalue weighted by atomic mass is 35.5. The van der Waals surface area contributed by atoms with E-state index in [0.29, 0.717) is 0 Å². The average Bonchev–Trinajstić information content (AvgIpc) is 2.28. The van der Waals surface area contributed by atoms with Crippen LogP contribution in [0, 0.1) is 5.82 Å². The predicted octanol–water partition coefficient (Wildman–Crippen LogP) is 2.34. The molecule has 0 saturated heterocycles. The first-order valence-corrected chi connectivity index (χ1v) is 7.12. The van der Waals surface area contributed by atoms with Crippen LogP contribution in [0.25, 0.3) is 11.3 Å². The largest absolute Gasteiger partial charge is 0.256 e. The van der Waals surface area contributed by atoms with Crippen molar-refractivity contribution in [3.63, 3.8) is 0 Å². The maximum atomic E-state index is 13.7. The number of sulfone groups is 1. The number of pyridine rings is 2. The zero-order valence-electron chi connectivity index (χ0n) is 9.26. The fourth-order valence-electron chi connectivity index (χ4n) is 1.39. The zero-order valence-corrected chi connectivity index (χ0v) is 10.8. The molecule has 0 amide bonds. The summed E-state index contributed by atoms with van der Waals surface area (Å²) in [5, 5.41) is 0.0236. The summed E-state index contributed by atoms with van der Waals surface area (Å²) in [5.74, 6) is -0.604. The summed E-state index contributed by atoms with van der Waals surface area (Å²) < 4.78 is 36.4. The highest BCUT2D eigenvalue weighted by Crippen LogP contribution is 2.23. The second-order valence-corrected chi connectivity index (χ2v) is 6.04. The van der Waals surface area contributed by atoms with Crippen molar-refractivity contribution < 1.29 is 12.8 Å². The van der Waals surface area contributed by atoms with Crippen molar-refractivity contribution in [3.05, 3.63) is 41.6 Å². The normalized spacial score (nSPS) is 11.5. The van der Waals surface area contributed by atoms with Crippen LogP contribution in [0.15, 0.2) is 35.5 Å². The number of hydrogen-bond donors (Lipinski definition) is 0. The summed E-state index contributed by atoms with van der Waals surface area (Å²) in [5.41, 5.74) is 0.296. The lowest BCUT2D eigenvalue weighted by Crippen LogP contribution is -1.99. The van der Waals surface area contributed by atoms with Gasteiger partial charge in [0.05, 0.1) is 16.2 Å². The molecule has 0 spiro atoms. The highest BCUT2D eigenvalue weighted by Gasteiger charge is 2.12. The molecule has 0 fully saturated rings. The first kappa shape index (κ1) is 12.9. The van der Waals surface area contributed by atoms with Crippen LogP contribution in [0.1, 0.15) is 0 Å². The van der Waals surface area contributed by atoms with Crippen LogP contribution in [0.5, 0.6) is 0 Å². The van der Waals surface area contributed by atoms with E-state index in [1.165, 1.54) is 24.5 Å². The second-order valence-electron chi connectivity index (χ2n) is 3.64. The Hall–Kier alpha value is -1.53. The van der Waals surface area contributed by atoms with Crippen molar-refractivity contribution in [2.75, 3.05) is 6.26 Å². The summed E-state index contributed by atoms with van der Waals surface area (Å²) >= 11 is 5.54. The minimum absolute atomic E-state index is 0.0236. The van der Waals surface area contributed by atoms with E-state index in [0.717, 1.165) is 12.3 Å². The molecule has 2 aromatic rings. The molecule has 0 saturated carbocycles. The van der Waals surface area contributed by atoms with Gasteiger partial charge in [0, 0.05) is 24.7 Å². The SMILES string of the molecule is CS(=O)(=O)c1ccnc(-c2cnc(Cl)cc2F)c1. The van der Waals surface area contributed by atoms with Gasteiger partial charge >= 0.3 is 0 Å². The van der Waals surface area contributed by atoms with Gasteiger partial charge < -0.3 is 0 Å². The average molecular weight is 287 g/mol. The molecule has 2 aromatic heterocycles. The van der Waals surface area contributed by atoms with Gasteiger partial charge in [0.25, 0.3) is 0 Å². The van der Waals surface area contributed by atoms with E-state index in [1.54, 1.807) is 0 Å². The standard InChI is InChI=1S/C11H8ClFN2O2S/c1-18(16,17)7-2-3-14-10(4-7)8-6-15-11(12)5-9(8)13/h2-6H,1H3. The lowest BCUT2D eigenvalue weighted by Gasteiger charge is -2.04. The zero-order chi connectivity index (χ0) is 13.3. The Labute approximate surface area is 108 Å². The molecule has 7 heteroatoms. The third-order valence-corrected chi connectivity index (χ3v) is 3.57. The van der Waals surface area contributed by atoms with Gasteiger partial charge in [-0.1, -0.05) is 11.6 Å². The minimum Gasteiger partial charge on any atom is -0.256 e. The monoisotopic (exact) mass is 286 g/mol. The van der Waals surface area contributed by atoms with E-state index < -0.39 is 15.7 Å². The maximum absolute atomic E-state index is 13.7. The first-order valence-electron chi connectivity index (χ1n) is 4.85. The molecule has 0 atom stereocenters. The van der Waals surface area contributed by atoms with Gasteiger partial charge in [-0.3, -0.25) is 4.98 Å². The van der Waals surface area contributed by atoms with Crippen LogP contribution in [0.2, 0.25) is 5.15 Å². The van der Waals surface area contributed by atoms with Gasteiger partial charge in [-0.15, -0.1) is 0 Å². The van der Waals surface area contributed by atoms with Gasteiger partial charge in [-0.2, -0.15) is 0 Å². The predicted molar refractivity (Wildman–Crippen MR) is 65.5 cm³/mol. The Morgan fingerprint density at radius 1 is 1.28 bits per heavy atom. The molecule has 0 aliphatic heterocycles. The fourth-order valence-corrected chi connectivity index (χ4v) is 2.16. The molecule has 0 aromatic carbocycles. The van der Waals surface area contributed by atoms with Crippen LogP contribution in [0.4, 0.5) is 4.39 Å². The van der Waals surface area contributed by atoms with E-state index in [1.807, 2.05) is 0 Å². The molecule has 94 valence electrons. The summed E-state index contributed by atoms with van der Waals surface area (Å²) in [6.45, 7) is 0. The molecule has 0 aliphatic carbocycles. The lowest BCUT2D eigenvalue weighted by atomic mass is 10.2. The molecule has 0 unspecified atom stereocenters.